The highest BCUT2D eigenvalue weighted by Gasteiger charge is 2.19. The molecular formula is C23H22ClN7O4. The second-order valence-corrected chi connectivity index (χ2v) is 7.81. The average molecular weight is 496 g/mol. The summed E-state index contributed by atoms with van der Waals surface area (Å²) in [7, 11) is 0. The number of nitrogens with two attached hydrogens (primary N) is 1. The van der Waals surface area contributed by atoms with Gasteiger partial charge in [-0.1, -0.05) is 17.7 Å². The van der Waals surface area contributed by atoms with Crippen molar-refractivity contribution in [1.82, 2.24) is 25.3 Å². The highest BCUT2D eigenvalue weighted by atomic mass is 35.5. The number of aliphatic hydroxyl groups is 1. The second kappa shape index (κ2) is 10.8. The van der Waals surface area contributed by atoms with Gasteiger partial charge in [-0.25, -0.2) is 15.0 Å². The minimum Gasteiger partial charge on any atom is -0.486 e. The minimum atomic E-state index is -1.13. The first-order chi connectivity index (χ1) is 16.9. The van der Waals surface area contributed by atoms with Crippen molar-refractivity contribution in [3.05, 3.63) is 71.6 Å². The smallest absolute Gasteiger partial charge is 0.248 e. The number of carbonyl (C=O) groups is 1. The Labute approximate surface area is 205 Å². The van der Waals surface area contributed by atoms with Crippen LogP contribution in [0.5, 0.6) is 5.75 Å². The summed E-state index contributed by atoms with van der Waals surface area (Å²) < 4.78 is 11.3. The number of nitrogens with one attached hydrogen (secondary N) is 2. The summed E-state index contributed by atoms with van der Waals surface area (Å²) in [4.78, 5) is 28.4. The van der Waals surface area contributed by atoms with Gasteiger partial charge in [0, 0.05) is 11.9 Å². The normalized spacial score (nSPS) is 11.6. The molecule has 0 spiro atoms. The molecule has 3 heterocycles. The van der Waals surface area contributed by atoms with Crippen LogP contribution in [-0.2, 0) is 17.9 Å². The van der Waals surface area contributed by atoms with Crippen LogP contribution in [0.1, 0.15) is 18.3 Å². The van der Waals surface area contributed by atoms with Crippen LogP contribution in [0.2, 0.25) is 5.02 Å². The second-order valence-electron chi connectivity index (χ2n) is 7.40. The summed E-state index contributed by atoms with van der Waals surface area (Å²) in [5.41, 5.74) is 8.25. The Balaban J connectivity index is 1.49. The summed E-state index contributed by atoms with van der Waals surface area (Å²) in [6, 6.07) is 10.8. The van der Waals surface area contributed by atoms with Crippen LogP contribution in [-0.4, -0.2) is 37.1 Å². The predicted molar refractivity (Wildman–Crippen MR) is 129 cm³/mol. The number of pyridine rings is 1. The summed E-state index contributed by atoms with van der Waals surface area (Å²) in [5.74, 6) is 0.626. The molecule has 5 N–H and O–H groups in total. The van der Waals surface area contributed by atoms with Crippen LogP contribution in [0.25, 0.3) is 11.5 Å². The van der Waals surface area contributed by atoms with E-state index in [4.69, 9.17) is 26.5 Å². The lowest BCUT2D eigenvalue weighted by Gasteiger charge is -2.12. The van der Waals surface area contributed by atoms with Crippen molar-refractivity contribution in [2.75, 3.05) is 11.1 Å². The number of halogens is 1. The van der Waals surface area contributed by atoms with Gasteiger partial charge in [-0.05, 0) is 37.3 Å². The fourth-order valence-electron chi connectivity index (χ4n) is 3.00. The number of amides is 1. The van der Waals surface area contributed by atoms with Crippen molar-refractivity contribution in [1.29, 1.82) is 0 Å². The number of aliphatic hydroxyl groups excluding tert-OH is 1. The summed E-state index contributed by atoms with van der Waals surface area (Å²) in [5, 5.41) is 15.4. The van der Waals surface area contributed by atoms with E-state index in [1.807, 2.05) is 18.2 Å². The maximum absolute atomic E-state index is 11.6. The highest BCUT2D eigenvalue weighted by Crippen LogP contribution is 2.34. The van der Waals surface area contributed by atoms with Gasteiger partial charge in [0.1, 0.15) is 48.3 Å². The molecule has 0 aliphatic carbocycles. The first kappa shape index (κ1) is 23.9. The molecule has 0 aliphatic heterocycles. The molecule has 0 saturated carbocycles. The zero-order valence-electron chi connectivity index (χ0n) is 18.6. The standard InChI is InChI=1S/C23H22ClN7O4/c1-13(32)22(33)27-9-16-11-35-23(31-16)19-20(25)28-12-29-21(19)30-14-5-6-18(17(24)8-14)34-10-15-4-2-3-7-26-15/h2-8,11-13,32H,9-10H2,1H3,(H,27,33)(H3,25,28,29,30). The van der Waals surface area contributed by atoms with Crippen LogP contribution in [0.4, 0.5) is 17.3 Å². The fraction of sp³-hybridized carbons (Fsp3) is 0.174. The Kier molecular flexibility index (Phi) is 7.38. The number of rotatable bonds is 9. The number of hydrogen-bond acceptors (Lipinski definition) is 10. The summed E-state index contributed by atoms with van der Waals surface area (Å²) in [6.45, 7) is 1.72. The molecule has 4 rings (SSSR count). The van der Waals surface area contributed by atoms with Crippen molar-refractivity contribution in [2.24, 2.45) is 0 Å². The van der Waals surface area contributed by atoms with E-state index in [1.54, 1.807) is 24.4 Å². The number of hydrogen-bond donors (Lipinski definition) is 4. The maximum atomic E-state index is 11.6. The Morgan fingerprint density at radius 1 is 1.23 bits per heavy atom. The lowest BCUT2D eigenvalue weighted by molar-refractivity contribution is -0.128. The van der Waals surface area contributed by atoms with E-state index in [1.165, 1.54) is 19.5 Å². The minimum absolute atomic E-state index is 0.0686. The van der Waals surface area contributed by atoms with Crippen LogP contribution in [0.3, 0.4) is 0 Å². The molecule has 12 heteroatoms. The third-order valence-electron chi connectivity index (χ3n) is 4.76. The third-order valence-corrected chi connectivity index (χ3v) is 5.06. The van der Waals surface area contributed by atoms with E-state index in [0.29, 0.717) is 33.5 Å². The molecule has 1 unspecified atom stereocenters. The Bertz CT molecular complexity index is 1310. The Hall–Kier alpha value is -4.22. The number of nitrogens with zero attached hydrogens (tertiary/aromatic N) is 4. The van der Waals surface area contributed by atoms with E-state index < -0.39 is 12.0 Å². The number of nitrogen functional groups attached to an aromatic ring is 1. The first-order valence-corrected chi connectivity index (χ1v) is 10.9. The molecule has 0 radical (unpaired) electrons. The summed E-state index contributed by atoms with van der Waals surface area (Å²) >= 11 is 6.41. The number of ether oxygens (including phenoxy) is 1. The molecule has 11 nitrogen and oxygen atoms in total. The van der Waals surface area contributed by atoms with Gasteiger partial charge < -0.3 is 30.6 Å². The van der Waals surface area contributed by atoms with E-state index >= 15 is 0 Å². The Morgan fingerprint density at radius 3 is 2.83 bits per heavy atom. The molecule has 1 atom stereocenters. The number of aromatic nitrogens is 4. The number of carbonyl (C=O) groups excluding carboxylic acids is 1. The third kappa shape index (κ3) is 6.02. The largest absolute Gasteiger partial charge is 0.486 e. The summed E-state index contributed by atoms with van der Waals surface area (Å²) in [6.07, 6.45) is 3.24. The molecule has 35 heavy (non-hydrogen) atoms. The SMILES string of the molecule is CC(O)C(=O)NCc1coc(-c2c(N)ncnc2Nc2ccc(OCc3ccccn3)c(Cl)c2)n1. The number of anilines is 3. The van der Waals surface area contributed by atoms with Gasteiger partial charge >= 0.3 is 0 Å². The molecule has 1 aromatic carbocycles. The molecule has 1 amide bonds. The highest BCUT2D eigenvalue weighted by molar-refractivity contribution is 6.32. The van der Waals surface area contributed by atoms with Gasteiger partial charge in [0.2, 0.25) is 11.8 Å². The average Bonchev–Trinajstić information content (AvgIpc) is 3.31. The van der Waals surface area contributed by atoms with Gasteiger partial charge in [0.15, 0.2) is 0 Å². The molecule has 0 aliphatic rings. The van der Waals surface area contributed by atoms with E-state index in [2.05, 4.69) is 30.6 Å². The van der Waals surface area contributed by atoms with Crippen molar-refractivity contribution in [2.45, 2.75) is 26.2 Å². The van der Waals surface area contributed by atoms with Crippen LogP contribution in [0.15, 0.2) is 59.6 Å². The zero-order chi connectivity index (χ0) is 24.8. The van der Waals surface area contributed by atoms with E-state index in [-0.39, 0.29) is 24.9 Å². The molecule has 3 aromatic heterocycles. The quantitative estimate of drug-likeness (QED) is 0.271. The van der Waals surface area contributed by atoms with Crippen molar-refractivity contribution in [3.8, 4) is 17.2 Å². The zero-order valence-corrected chi connectivity index (χ0v) is 19.4. The molecule has 0 saturated heterocycles. The van der Waals surface area contributed by atoms with Gasteiger partial charge in [-0.3, -0.25) is 9.78 Å². The molecule has 0 bridgehead atoms. The first-order valence-electron chi connectivity index (χ1n) is 10.5. The molecule has 4 aromatic rings. The van der Waals surface area contributed by atoms with Gasteiger partial charge in [0.25, 0.3) is 0 Å². The van der Waals surface area contributed by atoms with E-state index in [0.717, 1.165) is 5.69 Å². The van der Waals surface area contributed by atoms with Crippen LogP contribution >= 0.6 is 11.6 Å². The predicted octanol–water partition coefficient (Wildman–Crippen LogP) is 3.08. The van der Waals surface area contributed by atoms with Crippen LogP contribution in [0, 0.1) is 0 Å². The maximum Gasteiger partial charge on any atom is 0.248 e. The van der Waals surface area contributed by atoms with Crippen molar-refractivity contribution >= 4 is 34.8 Å². The molecular weight excluding hydrogens is 474 g/mol. The number of oxazole rings is 1. The number of benzene rings is 1. The van der Waals surface area contributed by atoms with E-state index in [9.17, 15) is 9.90 Å². The van der Waals surface area contributed by atoms with Crippen molar-refractivity contribution in [3.63, 3.8) is 0 Å². The van der Waals surface area contributed by atoms with Gasteiger partial charge in [0.05, 0.1) is 23.0 Å². The molecule has 180 valence electrons. The lowest BCUT2D eigenvalue weighted by atomic mass is 10.2. The topological polar surface area (TPSA) is 161 Å². The lowest BCUT2D eigenvalue weighted by Crippen LogP contribution is -2.32. The van der Waals surface area contributed by atoms with Gasteiger partial charge in [-0.15, -0.1) is 0 Å². The Morgan fingerprint density at radius 2 is 2.09 bits per heavy atom. The monoisotopic (exact) mass is 495 g/mol. The van der Waals surface area contributed by atoms with Crippen LogP contribution < -0.4 is 21.1 Å². The fourth-order valence-corrected chi connectivity index (χ4v) is 3.24. The van der Waals surface area contributed by atoms with Crippen molar-refractivity contribution < 1.29 is 19.1 Å². The van der Waals surface area contributed by atoms with Gasteiger partial charge in [-0.2, -0.15) is 0 Å². The molecule has 0 fully saturated rings.